The third-order valence-electron chi connectivity index (χ3n) is 4.43. The third kappa shape index (κ3) is 6.41. The highest BCUT2D eigenvalue weighted by Crippen LogP contribution is 2.27. The SMILES string of the molecule is CCOC(=O)C(CC(C)c1ccc(OCc2ccccc2)cc1)C(=O)OCC. The molecule has 0 aliphatic heterocycles. The van der Waals surface area contributed by atoms with Gasteiger partial charge in [-0.1, -0.05) is 49.4 Å². The summed E-state index contributed by atoms with van der Waals surface area (Å²) >= 11 is 0. The van der Waals surface area contributed by atoms with Gasteiger partial charge in [0.15, 0.2) is 5.92 Å². The van der Waals surface area contributed by atoms with E-state index in [0.29, 0.717) is 13.0 Å². The Balaban J connectivity index is 1.98. The molecule has 0 radical (unpaired) electrons. The van der Waals surface area contributed by atoms with Gasteiger partial charge < -0.3 is 14.2 Å². The van der Waals surface area contributed by atoms with Crippen molar-refractivity contribution in [3.63, 3.8) is 0 Å². The molecule has 2 aromatic carbocycles. The molecule has 0 amide bonds. The Morgan fingerprint density at radius 3 is 1.96 bits per heavy atom. The molecule has 0 spiro atoms. The van der Waals surface area contributed by atoms with Gasteiger partial charge in [0.25, 0.3) is 0 Å². The highest BCUT2D eigenvalue weighted by atomic mass is 16.6. The zero-order valence-electron chi connectivity index (χ0n) is 16.7. The van der Waals surface area contributed by atoms with Crippen molar-refractivity contribution in [2.45, 2.75) is 39.7 Å². The van der Waals surface area contributed by atoms with Crippen molar-refractivity contribution >= 4 is 11.9 Å². The molecule has 2 aromatic rings. The summed E-state index contributed by atoms with van der Waals surface area (Å²) in [6.07, 6.45) is 0.335. The van der Waals surface area contributed by atoms with Gasteiger partial charge in [0.1, 0.15) is 12.4 Å². The van der Waals surface area contributed by atoms with Gasteiger partial charge in [0.2, 0.25) is 0 Å². The summed E-state index contributed by atoms with van der Waals surface area (Å²) in [5, 5.41) is 0. The van der Waals surface area contributed by atoms with Crippen LogP contribution in [0.2, 0.25) is 0 Å². The first-order chi connectivity index (χ1) is 13.5. The lowest BCUT2D eigenvalue weighted by Crippen LogP contribution is -2.29. The van der Waals surface area contributed by atoms with Gasteiger partial charge in [-0.25, -0.2) is 0 Å². The molecule has 1 atom stereocenters. The summed E-state index contributed by atoms with van der Waals surface area (Å²) in [4.78, 5) is 24.3. The van der Waals surface area contributed by atoms with Crippen molar-refractivity contribution < 1.29 is 23.8 Å². The van der Waals surface area contributed by atoms with Crippen LogP contribution in [0.3, 0.4) is 0 Å². The topological polar surface area (TPSA) is 61.8 Å². The van der Waals surface area contributed by atoms with E-state index in [2.05, 4.69) is 0 Å². The Bertz CT molecular complexity index is 721. The van der Waals surface area contributed by atoms with Crippen LogP contribution in [0.4, 0.5) is 0 Å². The molecule has 0 fully saturated rings. The van der Waals surface area contributed by atoms with Crippen molar-refractivity contribution in [3.05, 3.63) is 65.7 Å². The lowest BCUT2D eigenvalue weighted by Gasteiger charge is -2.19. The van der Waals surface area contributed by atoms with Crippen LogP contribution >= 0.6 is 0 Å². The van der Waals surface area contributed by atoms with Crippen molar-refractivity contribution in [1.82, 2.24) is 0 Å². The summed E-state index contributed by atoms with van der Waals surface area (Å²) in [5.41, 5.74) is 2.12. The molecule has 0 saturated carbocycles. The van der Waals surface area contributed by atoms with Crippen molar-refractivity contribution in [2.24, 2.45) is 5.92 Å². The van der Waals surface area contributed by atoms with E-state index in [-0.39, 0.29) is 19.1 Å². The molecule has 0 aliphatic carbocycles. The van der Waals surface area contributed by atoms with E-state index in [0.717, 1.165) is 16.9 Å². The number of carbonyl (C=O) groups excluding carboxylic acids is 2. The van der Waals surface area contributed by atoms with E-state index in [1.165, 1.54) is 0 Å². The second-order valence-corrected chi connectivity index (χ2v) is 6.54. The molecule has 0 N–H and O–H groups in total. The summed E-state index contributed by atoms with van der Waals surface area (Å²) in [5.74, 6) is -1.22. The van der Waals surface area contributed by atoms with E-state index in [4.69, 9.17) is 14.2 Å². The van der Waals surface area contributed by atoms with Crippen LogP contribution in [0.1, 0.15) is 44.2 Å². The maximum Gasteiger partial charge on any atom is 0.320 e. The molecule has 5 heteroatoms. The van der Waals surface area contributed by atoms with Crippen molar-refractivity contribution in [2.75, 3.05) is 13.2 Å². The fraction of sp³-hybridized carbons (Fsp3) is 0.391. The number of hydrogen-bond donors (Lipinski definition) is 0. The van der Waals surface area contributed by atoms with Gasteiger partial charge in [-0.2, -0.15) is 0 Å². The average Bonchev–Trinajstić information content (AvgIpc) is 2.71. The van der Waals surface area contributed by atoms with Crippen LogP contribution in [0, 0.1) is 5.92 Å². The first-order valence-electron chi connectivity index (χ1n) is 9.65. The molecule has 5 nitrogen and oxygen atoms in total. The van der Waals surface area contributed by atoms with Gasteiger partial charge in [-0.3, -0.25) is 9.59 Å². The zero-order valence-corrected chi connectivity index (χ0v) is 16.7. The van der Waals surface area contributed by atoms with E-state index >= 15 is 0 Å². The minimum atomic E-state index is -0.913. The first kappa shape index (κ1) is 21.5. The molecular weight excluding hydrogens is 356 g/mol. The number of esters is 2. The van der Waals surface area contributed by atoms with Crippen LogP contribution < -0.4 is 4.74 Å². The maximum atomic E-state index is 12.2. The van der Waals surface area contributed by atoms with Gasteiger partial charge in [0, 0.05) is 0 Å². The maximum absolute atomic E-state index is 12.2. The minimum Gasteiger partial charge on any atom is -0.489 e. The molecule has 150 valence electrons. The second kappa shape index (κ2) is 11.1. The second-order valence-electron chi connectivity index (χ2n) is 6.54. The predicted octanol–water partition coefficient (Wildman–Crippen LogP) is 4.50. The number of rotatable bonds is 10. The summed E-state index contributed by atoms with van der Waals surface area (Å²) in [7, 11) is 0. The van der Waals surface area contributed by atoms with E-state index in [9.17, 15) is 9.59 Å². The Hall–Kier alpha value is -2.82. The molecular formula is C23H28O5. The van der Waals surface area contributed by atoms with E-state index in [1.807, 2.05) is 61.5 Å². The largest absolute Gasteiger partial charge is 0.489 e. The molecule has 0 heterocycles. The zero-order chi connectivity index (χ0) is 20.4. The van der Waals surface area contributed by atoms with Gasteiger partial charge in [-0.05, 0) is 49.4 Å². The molecule has 0 saturated heterocycles. The van der Waals surface area contributed by atoms with Crippen LogP contribution in [-0.2, 0) is 25.7 Å². The van der Waals surface area contributed by atoms with E-state index in [1.54, 1.807) is 13.8 Å². The number of benzene rings is 2. The molecule has 2 rings (SSSR count). The monoisotopic (exact) mass is 384 g/mol. The van der Waals surface area contributed by atoms with Gasteiger partial charge >= 0.3 is 11.9 Å². The van der Waals surface area contributed by atoms with Crippen molar-refractivity contribution in [3.8, 4) is 5.75 Å². The molecule has 0 bridgehead atoms. The number of hydrogen-bond acceptors (Lipinski definition) is 5. The molecule has 0 aromatic heterocycles. The highest BCUT2D eigenvalue weighted by molar-refractivity contribution is 5.95. The Morgan fingerprint density at radius 1 is 0.857 bits per heavy atom. The average molecular weight is 384 g/mol. The fourth-order valence-electron chi connectivity index (χ4n) is 2.90. The Morgan fingerprint density at radius 2 is 1.43 bits per heavy atom. The van der Waals surface area contributed by atoms with Gasteiger partial charge in [0.05, 0.1) is 13.2 Å². The third-order valence-corrected chi connectivity index (χ3v) is 4.43. The Labute approximate surface area is 166 Å². The standard InChI is InChI=1S/C23H28O5/c1-4-26-22(24)21(23(25)27-5-2)15-17(3)19-11-13-20(14-12-19)28-16-18-9-7-6-8-10-18/h6-14,17,21H,4-5,15-16H2,1-3H3. The lowest BCUT2D eigenvalue weighted by atomic mass is 9.90. The van der Waals surface area contributed by atoms with Crippen LogP contribution in [-0.4, -0.2) is 25.2 Å². The number of ether oxygens (including phenoxy) is 3. The summed E-state index contributed by atoms with van der Waals surface area (Å²) in [6.45, 7) is 6.39. The highest BCUT2D eigenvalue weighted by Gasteiger charge is 2.31. The van der Waals surface area contributed by atoms with Gasteiger partial charge in [-0.15, -0.1) is 0 Å². The fourth-order valence-corrected chi connectivity index (χ4v) is 2.90. The predicted molar refractivity (Wildman–Crippen MR) is 107 cm³/mol. The minimum absolute atomic E-state index is 0.0121. The summed E-state index contributed by atoms with van der Waals surface area (Å²) in [6, 6.07) is 17.7. The smallest absolute Gasteiger partial charge is 0.320 e. The first-order valence-corrected chi connectivity index (χ1v) is 9.65. The lowest BCUT2D eigenvalue weighted by molar-refractivity contribution is -0.162. The normalized spacial score (nSPS) is 11.7. The van der Waals surface area contributed by atoms with E-state index < -0.39 is 17.9 Å². The molecule has 1 unspecified atom stereocenters. The summed E-state index contributed by atoms with van der Waals surface area (Å²) < 4.78 is 15.9. The van der Waals surface area contributed by atoms with Crippen LogP contribution in [0.25, 0.3) is 0 Å². The van der Waals surface area contributed by atoms with Crippen LogP contribution in [0.15, 0.2) is 54.6 Å². The Kier molecular flexibility index (Phi) is 8.53. The quantitative estimate of drug-likeness (QED) is 0.446. The number of carbonyl (C=O) groups is 2. The van der Waals surface area contributed by atoms with Crippen LogP contribution in [0.5, 0.6) is 5.75 Å². The molecule has 0 aliphatic rings. The molecule has 28 heavy (non-hydrogen) atoms. The van der Waals surface area contributed by atoms with Crippen molar-refractivity contribution in [1.29, 1.82) is 0 Å².